The number of nitrogens with two attached hydrogens (primary N) is 1. The van der Waals surface area contributed by atoms with E-state index in [2.05, 4.69) is 15.3 Å². The fraction of sp³-hybridized carbons (Fsp3) is 0.0909. The lowest BCUT2D eigenvalue weighted by Gasteiger charge is -2.10. The number of aromatic nitrogens is 3. The summed E-state index contributed by atoms with van der Waals surface area (Å²) >= 11 is 0. The van der Waals surface area contributed by atoms with Crippen molar-refractivity contribution in [2.45, 2.75) is 6.42 Å². The van der Waals surface area contributed by atoms with Gasteiger partial charge in [-0.2, -0.15) is 0 Å². The summed E-state index contributed by atoms with van der Waals surface area (Å²) in [7, 11) is 0. The summed E-state index contributed by atoms with van der Waals surface area (Å²) < 4.78 is 1.49. The molecule has 0 unspecified atom stereocenters. The minimum atomic E-state index is -0.694. The lowest BCUT2D eigenvalue weighted by molar-refractivity contribution is 0.0946. The molecular weight excluding hydrogens is 366 g/mol. The Morgan fingerprint density at radius 2 is 1.69 bits per heavy atom. The lowest BCUT2D eigenvalue weighted by Crippen LogP contribution is -2.27. The van der Waals surface area contributed by atoms with Crippen LogP contribution in [0, 0.1) is 0 Å². The molecule has 4 aromatic rings. The number of benzene rings is 2. The Bertz CT molecular complexity index is 1170. The van der Waals surface area contributed by atoms with Crippen LogP contribution in [-0.2, 0) is 6.42 Å². The molecule has 2 heterocycles. The fourth-order valence-electron chi connectivity index (χ4n) is 3.13. The van der Waals surface area contributed by atoms with Gasteiger partial charge in [0.25, 0.3) is 11.8 Å². The molecule has 0 fully saturated rings. The average molecular weight is 385 g/mol. The second kappa shape index (κ2) is 7.93. The molecule has 0 spiro atoms. The predicted molar refractivity (Wildman–Crippen MR) is 109 cm³/mol. The van der Waals surface area contributed by atoms with E-state index >= 15 is 0 Å². The first-order valence-electron chi connectivity index (χ1n) is 9.19. The van der Waals surface area contributed by atoms with Gasteiger partial charge in [0.15, 0.2) is 11.3 Å². The van der Waals surface area contributed by atoms with Gasteiger partial charge in [-0.15, -0.1) is 0 Å². The Kier molecular flexibility index (Phi) is 5.03. The first kappa shape index (κ1) is 18.4. The highest BCUT2D eigenvalue weighted by Crippen LogP contribution is 2.21. The molecule has 0 bridgehead atoms. The molecule has 7 nitrogen and oxygen atoms in total. The molecule has 0 aliphatic carbocycles. The summed E-state index contributed by atoms with van der Waals surface area (Å²) in [6.07, 6.45) is 2.10. The van der Waals surface area contributed by atoms with Crippen molar-refractivity contribution < 1.29 is 9.59 Å². The summed E-state index contributed by atoms with van der Waals surface area (Å²) in [6.45, 7) is 0.477. The first-order valence-corrected chi connectivity index (χ1v) is 9.19. The quantitative estimate of drug-likeness (QED) is 0.532. The van der Waals surface area contributed by atoms with Gasteiger partial charge in [0, 0.05) is 12.1 Å². The van der Waals surface area contributed by atoms with Gasteiger partial charge in [-0.1, -0.05) is 60.7 Å². The van der Waals surface area contributed by atoms with Crippen molar-refractivity contribution in [2.75, 3.05) is 6.54 Å². The van der Waals surface area contributed by atoms with Gasteiger partial charge in [0.2, 0.25) is 0 Å². The summed E-state index contributed by atoms with van der Waals surface area (Å²) in [5.74, 6) is -0.973. The van der Waals surface area contributed by atoms with E-state index in [0.29, 0.717) is 24.4 Å². The van der Waals surface area contributed by atoms with Crippen LogP contribution >= 0.6 is 0 Å². The van der Waals surface area contributed by atoms with Gasteiger partial charge in [-0.25, -0.2) is 9.97 Å². The van der Waals surface area contributed by atoms with Crippen molar-refractivity contribution in [3.05, 3.63) is 90.0 Å². The number of amides is 2. The third-order valence-electron chi connectivity index (χ3n) is 4.58. The van der Waals surface area contributed by atoms with Crippen LogP contribution in [0.2, 0.25) is 0 Å². The third-order valence-corrected chi connectivity index (χ3v) is 4.58. The van der Waals surface area contributed by atoms with Crippen molar-refractivity contribution in [1.82, 2.24) is 19.7 Å². The summed E-state index contributed by atoms with van der Waals surface area (Å²) in [4.78, 5) is 33.2. The highest BCUT2D eigenvalue weighted by molar-refractivity contribution is 5.99. The first-order chi connectivity index (χ1) is 14.1. The van der Waals surface area contributed by atoms with E-state index in [1.807, 2.05) is 60.7 Å². The van der Waals surface area contributed by atoms with Gasteiger partial charge in [0.1, 0.15) is 12.0 Å². The Hall–Kier alpha value is -4.00. The number of nitrogens with one attached hydrogen (secondary N) is 1. The van der Waals surface area contributed by atoms with Crippen molar-refractivity contribution in [3.8, 4) is 11.3 Å². The number of primary amides is 1. The highest BCUT2D eigenvalue weighted by Gasteiger charge is 2.19. The van der Waals surface area contributed by atoms with Crippen LogP contribution in [0.25, 0.3) is 16.9 Å². The van der Waals surface area contributed by atoms with Crippen molar-refractivity contribution in [1.29, 1.82) is 0 Å². The molecule has 2 aromatic carbocycles. The molecule has 0 radical (unpaired) electrons. The van der Waals surface area contributed by atoms with Crippen LogP contribution in [0.4, 0.5) is 0 Å². The van der Waals surface area contributed by atoms with E-state index in [1.54, 1.807) is 6.07 Å². The van der Waals surface area contributed by atoms with Crippen molar-refractivity contribution >= 4 is 17.5 Å². The number of fused-ring (bicyclic) bond motifs is 1. The Morgan fingerprint density at radius 1 is 1.00 bits per heavy atom. The van der Waals surface area contributed by atoms with Crippen molar-refractivity contribution in [3.63, 3.8) is 0 Å². The monoisotopic (exact) mass is 385 g/mol. The number of carbonyl (C=O) groups excluding carboxylic acids is 2. The maximum absolute atomic E-state index is 12.9. The molecule has 0 saturated carbocycles. The van der Waals surface area contributed by atoms with Crippen LogP contribution in [-0.4, -0.2) is 32.7 Å². The normalized spacial score (nSPS) is 10.8. The van der Waals surface area contributed by atoms with Gasteiger partial charge in [-0.3, -0.25) is 14.0 Å². The molecule has 0 aliphatic heterocycles. The molecule has 3 N–H and O–H groups in total. The largest absolute Gasteiger partial charge is 0.364 e. The van der Waals surface area contributed by atoms with Crippen LogP contribution in [0.3, 0.4) is 0 Å². The molecule has 2 aromatic heterocycles. The predicted octanol–water partition coefficient (Wildman–Crippen LogP) is 2.47. The molecule has 0 saturated heterocycles. The molecule has 0 aliphatic rings. The third kappa shape index (κ3) is 3.84. The van der Waals surface area contributed by atoms with Gasteiger partial charge in [-0.05, 0) is 18.1 Å². The minimum Gasteiger partial charge on any atom is -0.364 e. The molecule has 7 heteroatoms. The Morgan fingerprint density at radius 3 is 2.38 bits per heavy atom. The number of nitrogens with zero attached hydrogens (tertiary/aromatic N) is 3. The second-order valence-electron chi connectivity index (χ2n) is 6.54. The minimum absolute atomic E-state index is 0.0288. The number of rotatable bonds is 6. The average Bonchev–Trinajstić information content (AvgIpc) is 3.19. The topological polar surface area (TPSA) is 102 Å². The Labute approximate surface area is 167 Å². The zero-order valence-corrected chi connectivity index (χ0v) is 15.6. The van der Waals surface area contributed by atoms with E-state index in [9.17, 15) is 9.59 Å². The fourth-order valence-corrected chi connectivity index (χ4v) is 3.13. The summed E-state index contributed by atoms with van der Waals surface area (Å²) in [6, 6.07) is 21.0. The lowest BCUT2D eigenvalue weighted by atomic mass is 10.1. The van der Waals surface area contributed by atoms with Gasteiger partial charge in [0.05, 0.1) is 5.69 Å². The summed E-state index contributed by atoms with van der Waals surface area (Å²) in [5.41, 5.74) is 8.57. The van der Waals surface area contributed by atoms with Crippen LogP contribution in [0.5, 0.6) is 0 Å². The standard InChI is InChI=1S/C22H19N5O2/c23-20(28)19-21-26-17(16-9-5-2-6-10-16)13-18(27(21)14-25-19)22(29)24-12-11-15-7-3-1-4-8-15/h1-10,13-14H,11-12H2,(H2,23,28)(H,24,29). The SMILES string of the molecule is NC(=O)c1ncn2c(C(=O)NCCc3ccccc3)cc(-c3ccccc3)nc12. The Balaban J connectivity index is 1.68. The number of hydrogen-bond donors (Lipinski definition) is 2. The molecule has 0 atom stereocenters. The zero-order chi connectivity index (χ0) is 20.2. The van der Waals surface area contributed by atoms with E-state index in [4.69, 9.17) is 5.73 Å². The maximum atomic E-state index is 12.9. The zero-order valence-electron chi connectivity index (χ0n) is 15.6. The maximum Gasteiger partial charge on any atom is 0.271 e. The number of hydrogen-bond acceptors (Lipinski definition) is 4. The van der Waals surface area contributed by atoms with Crippen LogP contribution < -0.4 is 11.1 Å². The molecular formula is C22H19N5O2. The molecule has 29 heavy (non-hydrogen) atoms. The second-order valence-corrected chi connectivity index (χ2v) is 6.54. The highest BCUT2D eigenvalue weighted by atomic mass is 16.2. The van der Waals surface area contributed by atoms with E-state index in [1.165, 1.54) is 10.7 Å². The van der Waals surface area contributed by atoms with Crippen molar-refractivity contribution in [2.24, 2.45) is 5.73 Å². The van der Waals surface area contributed by atoms with E-state index < -0.39 is 5.91 Å². The number of imidazole rings is 1. The van der Waals surface area contributed by atoms with Gasteiger partial charge < -0.3 is 11.1 Å². The molecule has 144 valence electrons. The van der Waals surface area contributed by atoms with Gasteiger partial charge >= 0.3 is 0 Å². The van der Waals surface area contributed by atoms with E-state index in [-0.39, 0.29) is 17.2 Å². The van der Waals surface area contributed by atoms with Crippen LogP contribution in [0.1, 0.15) is 26.5 Å². The molecule has 2 amide bonds. The van der Waals surface area contributed by atoms with E-state index in [0.717, 1.165) is 11.1 Å². The summed E-state index contributed by atoms with van der Waals surface area (Å²) in [5, 5.41) is 2.93. The van der Waals surface area contributed by atoms with Crippen LogP contribution in [0.15, 0.2) is 73.1 Å². The number of carbonyl (C=O) groups is 2. The smallest absolute Gasteiger partial charge is 0.271 e. The molecule has 4 rings (SSSR count).